The van der Waals surface area contributed by atoms with E-state index in [0.717, 1.165) is 17.1 Å². The first-order valence-corrected chi connectivity index (χ1v) is 7.65. The maximum atomic E-state index is 13.0. The molecule has 0 unspecified atom stereocenters. The lowest BCUT2D eigenvalue weighted by Gasteiger charge is -2.16. The summed E-state index contributed by atoms with van der Waals surface area (Å²) in [5.41, 5.74) is 2.44. The Hall–Kier alpha value is -2.13. The van der Waals surface area contributed by atoms with Gasteiger partial charge in [0, 0.05) is 5.92 Å². The number of aromatic nitrogens is 2. The zero-order valence-corrected chi connectivity index (χ0v) is 13.6. The summed E-state index contributed by atoms with van der Waals surface area (Å²) in [5.74, 6) is 0.863. The van der Waals surface area contributed by atoms with Crippen molar-refractivity contribution in [1.29, 1.82) is 0 Å². The van der Waals surface area contributed by atoms with Gasteiger partial charge in [-0.15, -0.1) is 0 Å². The van der Waals surface area contributed by atoms with Crippen LogP contribution in [0.3, 0.4) is 0 Å². The summed E-state index contributed by atoms with van der Waals surface area (Å²) in [4.78, 5) is 17.7. The molecule has 0 fully saturated rings. The van der Waals surface area contributed by atoms with E-state index >= 15 is 0 Å². The Morgan fingerprint density at radius 3 is 2.55 bits per heavy atom. The molecule has 0 saturated heterocycles. The number of hydrogen-bond acceptors (Lipinski definition) is 2. The van der Waals surface area contributed by atoms with E-state index in [2.05, 4.69) is 4.98 Å². The Kier molecular flexibility index (Phi) is 3.75. The molecule has 0 aliphatic rings. The molecule has 2 aromatic carbocycles. The maximum absolute atomic E-state index is 13.0. The summed E-state index contributed by atoms with van der Waals surface area (Å²) in [7, 11) is 0. The van der Waals surface area contributed by atoms with Gasteiger partial charge in [-0.3, -0.25) is 9.36 Å². The van der Waals surface area contributed by atoms with Crippen molar-refractivity contribution >= 4 is 22.5 Å². The van der Waals surface area contributed by atoms with E-state index in [1.807, 2.05) is 57.2 Å². The molecule has 3 rings (SSSR count). The van der Waals surface area contributed by atoms with E-state index in [-0.39, 0.29) is 11.5 Å². The Balaban J connectivity index is 2.46. The fourth-order valence-corrected chi connectivity index (χ4v) is 2.86. The summed E-state index contributed by atoms with van der Waals surface area (Å²) < 4.78 is 1.67. The third-order valence-electron chi connectivity index (χ3n) is 3.65. The van der Waals surface area contributed by atoms with Crippen LogP contribution in [0.2, 0.25) is 5.02 Å². The molecule has 1 aromatic heterocycles. The highest BCUT2D eigenvalue weighted by molar-refractivity contribution is 6.35. The van der Waals surface area contributed by atoms with Crippen molar-refractivity contribution in [2.45, 2.75) is 26.7 Å². The van der Waals surface area contributed by atoms with Crippen LogP contribution in [0.25, 0.3) is 16.6 Å². The predicted molar refractivity (Wildman–Crippen MR) is 91.2 cm³/mol. The molecule has 0 aliphatic heterocycles. The number of aryl methyl sites for hydroxylation is 1. The molecule has 4 heteroatoms. The zero-order valence-electron chi connectivity index (χ0n) is 12.8. The van der Waals surface area contributed by atoms with Gasteiger partial charge in [-0.05, 0) is 36.8 Å². The minimum atomic E-state index is -0.120. The van der Waals surface area contributed by atoms with Crippen molar-refractivity contribution < 1.29 is 0 Å². The molecule has 0 amide bonds. The highest BCUT2D eigenvalue weighted by Crippen LogP contribution is 2.23. The van der Waals surface area contributed by atoms with Crippen molar-refractivity contribution in [2.75, 3.05) is 0 Å². The maximum Gasteiger partial charge on any atom is 0.267 e. The van der Waals surface area contributed by atoms with Gasteiger partial charge in [-0.2, -0.15) is 0 Å². The Labute approximate surface area is 134 Å². The molecule has 3 aromatic rings. The summed E-state index contributed by atoms with van der Waals surface area (Å²) in [5, 5.41) is 0.904. The van der Waals surface area contributed by atoms with Crippen LogP contribution in [-0.4, -0.2) is 9.55 Å². The van der Waals surface area contributed by atoms with E-state index in [1.165, 1.54) is 0 Å². The molecule has 0 saturated carbocycles. The number of halogens is 1. The molecule has 0 N–H and O–H groups in total. The number of nitrogens with zero attached hydrogens (tertiary/aromatic N) is 2. The topological polar surface area (TPSA) is 34.9 Å². The monoisotopic (exact) mass is 312 g/mol. The average molecular weight is 313 g/mol. The smallest absolute Gasteiger partial charge is 0.267 e. The van der Waals surface area contributed by atoms with Crippen LogP contribution >= 0.6 is 11.6 Å². The minimum absolute atomic E-state index is 0.120. The molecule has 112 valence electrons. The minimum Gasteiger partial charge on any atom is -0.268 e. The van der Waals surface area contributed by atoms with Crippen LogP contribution < -0.4 is 5.56 Å². The van der Waals surface area contributed by atoms with Gasteiger partial charge in [0.15, 0.2) is 0 Å². The molecule has 0 atom stereocenters. The van der Waals surface area contributed by atoms with E-state index in [9.17, 15) is 4.79 Å². The van der Waals surface area contributed by atoms with Crippen LogP contribution in [-0.2, 0) is 0 Å². The molecule has 22 heavy (non-hydrogen) atoms. The Morgan fingerprint density at radius 2 is 1.86 bits per heavy atom. The largest absolute Gasteiger partial charge is 0.268 e. The third-order valence-corrected chi connectivity index (χ3v) is 3.96. The Bertz CT molecular complexity index is 913. The van der Waals surface area contributed by atoms with Crippen molar-refractivity contribution in [1.82, 2.24) is 9.55 Å². The van der Waals surface area contributed by atoms with Gasteiger partial charge in [0.2, 0.25) is 0 Å². The first kappa shape index (κ1) is 14.8. The highest BCUT2D eigenvalue weighted by atomic mass is 35.5. The normalized spacial score (nSPS) is 11.3. The number of hydrogen-bond donors (Lipinski definition) is 0. The highest BCUT2D eigenvalue weighted by Gasteiger charge is 2.16. The fourth-order valence-electron chi connectivity index (χ4n) is 2.61. The molecular formula is C18H17ClN2O. The average Bonchev–Trinajstić information content (AvgIpc) is 2.46. The Morgan fingerprint density at radius 1 is 1.14 bits per heavy atom. The van der Waals surface area contributed by atoms with Crippen molar-refractivity contribution in [3.63, 3.8) is 0 Å². The van der Waals surface area contributed by atoms with Crippen molar-refractivity contribution in [3.8, 4) is 5.69 Å². The van der Waals surface area contributed by atoms with Crippen LogP contribution in [0.4, 0.5) is 0 Å². The van der Waals surface area contributed by atoms with Gasteiger partial charge < -0.3 is 0 Å². The van der Waals surface area contributed by atoms with Crippen molar-refractivity contribution in [2.24, 2.45) is 0 Å². The van der Waals surface area contributed by atoms with Gasteiger partial charge in [-0.1, -0.05) is 43.6 Å². The summed E-state index contributed by atoms with van der Waals surface area (Å²) >= 11 is 6.23. The zero-order chi connectivity index (χ0) is 15.9. The van der Waals surface area contributed by atoms with E-state index in [1.54, 1.807) is 10.6 Å². The summed E-state index contributed by atoms with van der Waals surface area (Å²) in [6.45, 7) is 6.07. The summed E-state index contributed by atoms with van der Waals surface area (Å²) in [6, 6.07) is 13.2. The first-order chi connectivity index (χ1) is 10.5. The van der Waals surface area contributed by atoms with Gasteiger partial charge in [0.05, 0.1) is 21.6 Å². The van der Waals surface area contributed by atoms with Gasteiger partial charge in [0.1, 0.15) is 5.82 Å². The number of rotatable bonds is 2. The second-order valence-electron chi connectivity index (χ2n) is 5.74. The molecular weight excluding hydrogens is 296 g/mol. The lowest BCUT2D eigenvalue weighted by atomic mass is 10.1. The second-order valence-corrected chi connectivity index (χ2v) is 6.15. The van der Waals surface area contributed by atoms with Gasteiger partial charge >= 0.3 is 0 Å². The quantitative estimate of drug-likeness (QED) is 0.699. The van der Waals surface area contributed by atoms with Crippen LogP contribution in [0.1, 0.15) is 31.2 Å². The van der Waals surface area contributed by atoms with E-state index in [0.29, 0.717) is 15.9 Å². The molecule has 0 radical (unpaired) electrons. The van der Waals surface area contributed by atoms with Gasteiger partial charge in [-0.25, -0.2) is 4.98 Å². The lowest BCUT2D eigenvalue weighted by molar-refractivity contribution is 0.723. The molecule has 0 aliphatic carbocycles. The molecule has 0 bridgehead atoms. The van der Waals surface area contributed by atoms with Crippen molar-refractivity contribution in [3.05, 3.63) is 69.2 Å². The molecule has 0 spiro atoms. The molecule has 3 nitrogen and oxygen atoms in total. The lowest BCUT2D eigenvalue weighted by Crippen LogP contribution is -2.25. The van der Waals surface area contributed by atoms with Crippen LogP contribution in [0.15, 0.2) is 47.3 Å². The number of benzene rings is 2. The van der Waals surface area contributed by atoms with E-state index in [4.69, 9.17) is 11.6 Å². The SMILES string of the molecule is Cc1cccc(-n2c(C(C)C)nc3cccc(Cl)c3c2=O)c1. The molecule has 1 heterocycles. The van der Waals surface area contributed by atoms with Crippen LogP contribution in [0.5, 0.6) is 0 Å². The van der Waals surface area contributed by atoms with Crippen LogP contribution in [0, 0.1) is 6.92 Å². The van der Waals surface area contributed by atoms with E-state index < -0.39 is 0 Å². The summed E-state index contributed by atoms with van der Waals surface area (Å²) in [6.07, 6.45) is 0. The first-order valence-electron chi connectivity index (χ1n) is 7.27. The fraction of sp³-hybridized carbons (Fsp3) is 0.222. The van der Waals surface area contributed by atoms with Gasteiger partial charge in [0.25, 0.3) is 5.56 Å². The second kappa shape index (κ2) is 5.58. The predicted octanol–water partition coefficient (Wildman–Crippen LogP) is 4.47. The number of fused-ring (bicyclic) bond motifs is 1. The standard InChI is InChI=1S/C18H17ClN2O/c1-11(2)17-20-15-9-5-8-14(19)16(15)18(22)21(17)13-7-4-6-12(3)10-13/h4-11H,1-3H3. The third kappa shape index (κ3) is 2.42.